The summed E-state index contributed by atoms with van der Waals surface area (Å²) < 4.78 is 40.2. The number of imidazole rings is 1. The maximum Gasteiger partial charge on any atom is 0.417 e. The van der Waals surface area contributed by atoms with Crippen LogP contribution in [0, 0.1) is 6.92 Å². The minimum absolute atomic E-state index is 0.158. The van der Waals surface area contributed by atoms with Crippen molar-refractivity contribution >= 4 is 0 Å². The summed E-state index contributed by atoms with van der Waals surface area (Å²) in [5, 5.41) is 10.4. The van der Waals surface area contributed by atoms with E-state index in [1.807, 2.05) is 0 Å². The van der Waals surface area contributed by atoms with Gasteiger partial charge in [0.25, 0.3) is 0 Å². The standard InChI is InChI=1S/C16H12F3N3O/c1-10-14(11-5-4-8-20-9-11)22(23)15(21-10)12-6-2-3-7-13(12)16(17,18)19/h2-9,23H,1H3. The normalized spacial score (nSPS) is 11.7. The zero-order chi connectivity index (χ0) is 16.6. The van der Waals surface area contributed by atoms with Crippen LogP contribution in [0.4, 0.5) is 13.2 Å². The first-order chi connectivity index (χ1) is 10.9. The molecule has 0 atom stereocenters. The number of aryl methyl sites for hydroxylation is 1. The lowest BCUT2D eigenvalue weighted by Gasteiger charge is -2.12. The number of hydrogen-bond acceptors (Lipinski definition) is 3. The predicted octanol–water partition coefficient (Wildman–Crippen LogP) is 4.18. The highest BCUT2D eigenvalue weighted by atomic mass is 19.4. The second-order valence-corrected chi connectivity index (χ2v) is 4.97. The van der Waals surface area contributed by atoms with Crippen molar-refractivity contribution in [2.24, 2.45) is 0 Å². The van der Waals surface area contributed by atoms with E-state index in [-0.39, 0.29) is 11.4 Å². The highest BCUT2D eigenvalue weighted by Gasteiger charge is 2.35. The first-order valence-electron chi connectivity index (χ1n) is 6.75. The number of hydrogen-bond donors (Lipinski definition) is 1. The van der Waals surface area contributed by atoms with Crippen molar-refractivity contribution in [3.63, 3.8) is 0 Å². The molecule has 0 aliphatic carbocycles. The van der Waals surface area contributed by atoms with Crippen molar-refractivity contribution in [3.8, 4) is 22.6 Å². The molecule has 0 aliphatic rings. The molecule has 1 aromatic carbocycles. The molecule has 0 spiro atoms. The van der Waals surface area contributed by atoms with E-state index < -0.39 is 11.7 Å². The molecule has 3 aromatic rings. The Bertz CT molecular complexity index is 842. The molecule has 118 valence electrons. The Labute approximate surface area is 129 Å². The Kier molecular flexibility index (Phi) is 3.55. The average Bonchev–Trinajstić information content (AvgIpc) is 2.82. The van der Waals surface area contributed by atoms with Crippen LogP contribution in [0.1, 0.15) is 11.3 Å². The zero-order valence-electron chi connectivity index (χ0n) is 12.0. The third-order valence-electron chi connectivity index (χ3n) is 3.44. The lowest BCUT2D eigenvalue weighted by atomic mass is 10.1. The molecule has 0 aliphatic heterocycles. The van der Waals surface area contributed by atoms with Crippen molar-refractivity contribution < 1.29 is 18.4 Å². The van der Waals surface area contributed by atoms with Gasteiger partial charge in [-0.1, -0.05) is 18.2 Å². The Morgan fingerprint density at radius 2 is 1.83 bits per heavy atom. The topological polar surface area (TPSA) is 50.9 Å². The fourth-order valence-electron chi connectivity index (χ4n) is 2.45. The number of rotatable bonds is 2. The van der Waals surface area contributed by atoms with Crippen LogP contribution in [-0.2, 0) is 6.18 Å². The number of halogens is 3. The van der Waals surface area contributed by atoms with Crippen LogP contribution in [0.15, 0.2) is 48.8 Å². The molecule has 1 N–H and O–H groups in total. The summed E-state index contributed by atoms with van der Waals surface area (Å²) in [7, 11) is 0. The quantitative estimate of drug-likeness (QED) is 0.721. The molecule has 4 nitrogen and oxygen atoms in total. The van der Waals surface area contributed by atoms with Gasteiger partial charge in [0.1, 0.15) is 5.69 Å². The summed E-state index contributed by atoms with van der Waals surface area (Å²) in [5.41, 5.74) is 0.257. The summed E-state index contributed by atoms with van der Waals surface area (Å²) >= 11 is 0. The van der Waals surface area contributed by atoms with Gasteiger partial charge in [0.2, 0.25) is 0 Å². The number of alkyl halides is 3. The van der Waals surface area contributed by atoms with Crippen LogP contribution in [0.25, 0.3) is 22.6 Å². The maximum absolute atomic E-state index is 13.2. The van der Waals surface area contributed by atoms with E-state index in [9.17, 15) is 18.4 Å². The van der Waals surface area contributed by atoms with Crippen LogP contribution < -0.4 is 0 Å². The van der Waals surface area contributed by atoms with Crippen LogP contribution >= 0.6 is 0 Å². The van der Waals surface area contributed by atoms with E-state index in [1.54, 1.807) is 25.3 Å². The second-order valence-electron chi connectivity index (χ2n) is 4.97. The molecule has 0 bridgehead atoms. The third-order valence-corrected chi connectivity index (χ3v) is 3.44. The van der Waals surface area contributed by atoms with Crippen LogP contribution in [0.5, 0.6) is 0 Å². The molecular weight excluding hydrogens is 307 g/mol. The lowest BCUT2D eigenvalue weighted by Crippen LogP contribution is -2.09. The monoisotopic (exact) mass is 319 g/mol. The molecule has 2 heterocycles. The van der Waals surface area contributed by atoms with Crippen LogP contribution in [0.2, 0.25) is 0 Å². The van der Waals surface area contributed by atoms with Crippen molar-refractivity contribution in [3.05, 3.63) is 60.0 Å². The van der Waals surface area contributed by atoms with E-state index in [1.165, 1.54) is 24.4 Å². The number of aromatic nitrogens is 3. The molecule has 0 amide bonds. The molecule has 23 heavy (non-hydrogen) atoms. The lowest BCUT2D eigenvalue weighted by molar-refractivity contribution is -0.137. The summed E-state index contributed by atoms with van der Waals surface area (Å²) in [4.78, 5) is 8.07. The number of pyridine rings is 1. The van der Waals surface area contributed by atoms with Gasteiger partial charge in [-0.3, -0.25) is 4.98 Å². The number of nitrogens with zero attached hydrogens (tertiary/aromatic N) is 3. The molecule has 0 saturated heterocycles. The summed E-state index contributed by atoms with van der Waals surface area (Å²) in [5.74, 6) is -0.158. The van der Waals surface area contributed by atoms with Gasteiger partial charge in [-0.2, -0.15) is 17.9 Å². The molecule has 0 unspecified atom stereocenters. The second kappa shape index (κ2) is 5.42. The van der Waals surface area contributed by atoms with E-state index in [4.69, 9.17) is 0 Å². The van der Waals surface area contributed by atoms with Crippen molar-refractivity contribution in [1.82, 2.24) is 14.7 Å². The number of benzene rings is 1. The molecular formula is C16H12F3N3O. The minimum atomic E-state index is -4.54. The van der Waals surface area contributed by atoms with Gasteiger partial charge < -0.3 is 5.21 Å². The first kappa shape index (κ1) is 15.1. The SMILES string of the molecule is Cc1nc(-c2ccccc2C(F)(F)F)n(O)c1-c1cccnc1. The van der Waals surface area contributed by atoms with E-state index in [0.717, 1.165) is 6.07 Å². The van der Waals surface area contributed by atoms with E-state index >= 15 is 0 Å². The van der Waals surface area contributed by atoms with E-state index in [0.29, 0.717) is 21.7 Å². The Hall–Kier alpha value is -2.83. The Morgan fingerprint density at radius 1 is 1.09 bits per heavy atom. The zero-order valence-corrected chi connectivity index (χ0v) is 12.0. The third kappa shape index (κ3) is 2.65. The smallest absolute Gasteiger partial charge is 0.417 e. The fraction of sp³-hybridized carbons (Fsp3) is 0.125. The summed E-state index contributed by atoms with van der Waals surface area (Å²) in [6, 6.07) is 8.38. The Morgan fingerprint density at radius 3 is 2.48 bits per heavy atom. The Balaban J connectivity index is 2.21. The molecule has 3 rings (SSSR count). The predicted molar refractivity (Wildman–Crippen MR) is 77.8 cm³/mol. The van der Waals surface area contributed by atoms with Gasteiger partial charge in [0.15, 0.2) is 5.82 Å². The van der Waals surface area contributed by atoms with Gasteiger partial charge in [-0.05, 0) is 25.1 Å². The summed E-state index contributed by atoms with van der Waals surface area (Å²) in [6.07, 6.45) is -1.46. The molecule has 2 aromatic heterocycles. The highest BCUT2D eigenvalue weighted by molar-refractivity contribution is 5.69. The molecule has 0 fully saturated rings. The van der Waals surface area contributed by atoms with Crippen LogP contribution in [0.3, 0.4) is 0 Å². The maximum atomic E-state index is 13.2. The van der Waals surface area contributed by atoms with Gasteiger partial charge in [-0.15, -0.1) is 0 Å². The molecule has 0 radical (unpaired) electrons. The largest absolute Gasteiger partial charge is 0.426 e. The summed E-state index contributed by atoms with van der Waals surface area (Å²) in [6.45, 7) is 1.62. The average molecular weight is 319 g/mol. The van der Waals surface area contributed by atoms with Crippen molar-refractivity contribution in [2.45, 2.75) is 13.1 Å². The van der Waals surface area contributed by atoms with Gasteiger partial charge in [0, 0.05) is 23.5 Å². The van der Waals surface area contributed by atoms with Crippen LogP contribution in [-0.4, -0.2) is 19.9 Å². The highest BCUT2D eigenvalue weighted by Crippen LogP contribution is 2.37. The minimum Gasteiger partial charge on any atom is -0.426 e. The molecule has 0 saturated carbocycles. The van der Waals surface area contributed by atoms with Crippen molar-refractivity contribution in [2.75, 3.05) is 0 Å². The molecule has 7 heteroatoms. The fourth-order valence-corrected chi connectivity index (χ4v) is 2.45. The van der Waals surface area contributed by atoms with E-state index in [2.05, 4.69) is 9.97 Å². The van der Waals surface area contributed by atoms with Gasteiger partial charge >= 0.3 is 6.18 Å². The van der Waals surface area contributed by atoms with Gasteiger partial charge in [0.05, 0.1) is 11.3 Å². The van der Waals surface area contributed by atoms with Gasteiger partial charge in [-0.25, -0.2) is 4.98 Å². The first-order valence-corrected chi connectivity index (χ1v) is 6.75. The van der Waals surface area contributed by atoms with Crippen molar-refractivity contribution in [1.29, 1.82) is 0 Å².